The largest absolute Gasteiger partial charge is 0.374 e. The Kier molecular flexibility index (Phi) is 47.0. The van der Waals surface area contributed by atoms with Gasteiger partial charge in [-0.1, -0.05) is 0 Å². The number of rotatable bonds is 45. The van der Waals surface area contributed by atoms with Crippen LogP contribution in [0.4, 0.5) is 0 Å². The van der Waals surface area contributed by atoms with Crippen molar-refractivity contribution < 1.29 is 124 Å². The molecular formula is C117H234O18. The first kappa shape index (κ1) is 99.3. The van der Waals surface area contributed by atoms with Crippen molar-refractivity contribution in [3.63, 3.8) is 0 Å². The summed E-state index contributed by atoms with van der Waals surface area (Å²) in [5, 5.41) is 0. The van der Waals surface area contributed by atoms with Crippen molar-refractivity contribution in [3.05, 3.63) is 100 Å². The summed E-state index contributed by atoms with van der Waals surface area (Å²) in [6, 6.07) is 0. The van der Waals surface area contributed by atoms with Crippen LogP contribution >= 0.6 is 0 Å². The van der Waals surface area contributed by atoms with Crippen molar-refractivity contribution in [1.29, 1.82) is 0 Å². The quantitative estimate of drug-likeness (QED) is 0.0528. The van der Waals surface area contributed by atoms with Gasteiger partial charge in [0.05, 0.1) is 120 Å². The van der Waals surface area contributed by atoms with Crippen LogP contribution in [-0.4, -0.2) is 224 Å². The minimum atomic E-state index is -2.84. The van der Waals surface area contributed by atoms with Crippen molar-refractivity contribution in [2.24, 2.45) is 0 Å². The summed E-state index contributed by atoms with van der Waals surface area (Å²) in [5.74, 6) is 0. The van der Waals surface area contributed by atoms with E-state index in [1.807, 2.05) is 325 Å². The third-order valence-electron chi connectivity index (χ3n) is 28.5. The normalized spacial score (nSPS) is 19.3. The Balaban J connectivity index is -0.000000234. The molecule has 3 atom stereocenters. The van der Waals surface area contributed by atoms with Gasteiger partial charge in [0.15, 0.2) is 0 Å². The van der Waals surface area contributed by atoms with Crippen molar-refractivity contribution in [1.82, 2.24) is 0 Å². The second kappa shape index (κ2) is 63.9. The lowest BCUT2D eigenvalue weighted by Crippen LogP contribution is -2.32. The lowest BCUT2D eigenvalue weighted by Gasteiger charge is -2.33. The Bertz CT molecular complexity index is 4530. The van der Waals surface area contributed by atoms with Gasteiger partial charge in [-0.05, 0) is 536 Å². The Morgan fingerprint density at radius 3 is 0.533 bits per heavy atom. The van der Waals surface area contributed by atoms with Gasteiger partial charge >= 0.3 is 0 Å². The molecule has 0 rings (SSSR count). The fraction of sp³-hybridized carbons (Fsp3) is 0.846. The molecule has 0 radical (unpaired) electrons. The molecule has 0 saturated carbocycles. The minimum absolute atomic E-state index is 0.0211. The Labute approximate surface area is 880 Å². The third-order valence-corrected chi connectivity index (χ3v) is 28.5. The second-order valence-electron chi connectivity index (χ2n) is 42.6. The molecule has 0 aromatic carbocycles. The van der Waals surface area contributed by atoms with E-state index in [-0.39, 0.29) is 82.2 Å². The van der Waals surface area contributed by atoms with E-state index in [9.17, 15) is 0 Å². The maximum Gasteiger partial charge on any atom is 0.0836 e. The summed E-state index contributed by atoms with van der Waals surface area (Å²) in [6.45, 7) is 91.6. The highest BCUT2D eigenvalue weighted by Gasteiger charge is 2.38. The van der Waals surface area contributed by atoms with E-state index in [2.05, 4.69) is 20.8 Å². The van der Waals surface area contributed by atoms with E-state index < -0.39 is 162 Å². The summed E-state index contributed by atoms with van der Waals surface area (Å²) in [4.78, 5) is 0. The molecule has 0 spiro atoms. The summed E-state index contributed by atoms with van der Waals surface area (Å²) < 4.78 is 302. The highest BCUT2D eigenvalue weighted by Crippen LogP contribution is 2.40. The predicted molar refractivity (Wildman–Crippen MR) is 587 cm³/mol. The van der Waals surface area contributed by atoms with Gasteiger partial charge in [-0.25, -0.2) is 0 Å². The first-order valence-electron chi connectivity index (χ1n) is 62.9. The van der Waals surface area contributed by atoms with Crippen LogP contribution in [0.2, 0.25) is 0 Å². The minimum Gasteiger partial charge on any atom is -0.374 e. The van der Waals surface area contributed by atoms with E-state index >= 15 is 0 Å². The van der Waals surface area contributed by atoms with Crippen LogP contribution in [0.5, 0.6) is 0 Å². The number of hydrogen-bond acceptors (Lipinski definition) is 18. The molecule has 0 N–H and O–H groups in total. The molecule has 0 amide bonds. The van der Waals surface area contributed by atoms with Gasteiger partial charge < -0.3 is 85.3 Å². The molecule has 0 aliphatic rings. The number of methoxy groups -OCH3 is 9. The lowest BCUT2D eigenvalue weighted by atomic mass is 9.87. The van der Waals surface area contributed by atoms with Crippen LogP contribution in [0.3, 0.4) is 0 Å². The zero-order chi connectivity index (χ0) is 133. The van der Waals surface area contributed by atoms with E-state index in [0.29, 0.717) is 13.2 Å². The van der Waals surface area contributed by atoms with Gasteiger partial charge in [-0.15, -0.1) is 0 Å². The second-order valence-corrected chi connectivity index (χ2v) is 42.6. The zero-order valence-electron chi connectivity index (χ0n) is 126. The average Bonchev–Trinajstić information content (AvgIpc) is 0.781. The standard InChI is InChI=1S/9C13H26O2/c9*1-9-15-13(6,7)11(3)10(2)12(4,5)14-8/h9*9H2,1-8H3/b9*11-10-/i1D2,8D,9D;1D,8D,9D;8D,9D;1D3,9D2;1D2,9D2;1D3,8D;1D2,8D;1D,8D;8D. The van der Waals surface area contributed by atoms with E-state index in [4.69, 9.17) is 124 Å². The molecule has 18 heteroatoms. The van der Waals surface area contributed by atoms with Crippen LogP contribution in [0, 0.1) is 0 Å². The van der Waals surface area contributed by atoms with Crippen molar-refractivity contribution >= 4 is 0 Å². The fourth-order valence-corrected chi connectivity index (χ4v) is 12.0. The lowest BCUT2D eigenvalue weighted by molar-refractivity contribution is 0.0109. The van der Waals surface area contributed by atoms with Crippen LogP contribution in [0.25, 0.3) is 0 Å². The molecular weight excluding hydrogens is 1690 g/mol. The molecule has 0 heterocycles. The van der Waals surface area contributed by atoms with Crippen LogP contribution in [0.15, 0.2) is 100 Å². The highest BCUT2D eigenvalue weighted by molar-refractivity contribution is 5.32. The fourth-order valence-electron chi connectivity index (χ4n) is 12.0. The maximum absolute atomic E-state index is 7.60. The summed E-state index contributed by atoms with van der Waals surface area (Å²) in [6.07, 6.45) is 0. The molecule has 0 aromatic rings. The van der Waals surface area contributed by atoms with Crippen molar-refractivity contribution in [3.8, 4) is 0 Å². The number of ether oxygens (including phenoxy) is 18. The zero-order valence-corrected chi connectivity index (χ0v) is 98.0. The van der Waals surface area contributed by atoms with Crippen molar-refractivity contribution in [2.45, 2.75) is 537 Å². The van der Waals surface area contributed by atoms with Gasteiger partial charge in [-0.3, -0.25) is 0 Å². The number of hydrogen-bond donors (Lipinski definition) is 0. The van der Waals surface area contributed by atoms with Crippen LogP contribution in [-0.2, 0) is 85.3 Å². The molecule has 0 aromatic heterocycles. The predicted octanol–water partition coefficient (Wildman–Crippen LogP) is 32.1. The van der Waals surface area contributed by atoms with Gasteiger partial charge in [-0.2, -0.15) is 0 Å². The van der Waals surface area contributed by atoms with Gasteiger partial charge in [0, 0.05) is 142 Å². The Morgan fingerprint density at radius 1 is 0.170 bits per heavy atom. The topological polar surface area (TPSA) is 166 Å². The molecule has 0 aliphatic carbocycles. The van der Waals surface area contributed by atoms with Gasteiger partial charge in [0.2, 0.25) is 0 Å². The summed E-state index contributed by atoms with van der Waals surface area (Å²) in [5.41, 5.74) is 7.52. The smallest absolute Gasteiger partial charge is 0.0836 e. The summed E-state index contributed by atoms with van der Waals surface area (Å²) >= 11 is 0. The first-order valence-corrected chi connectivity index (χ1v) is 46.4. The third kappa shape index (κ3) is 52.3. The molecule has 135 heavy (non-hydrogen) atoms. The molecule has 0 aliphatic heterocycles. The molecule has 0 saturated heterocycles. The molecule has 0 fully saturated rings. The average molecular weight is 1960 g/mol. The monoisotopic (exact) mass is 1960 g/mol. The van der Waals surface area contributed by atoms with E-state index in [1.54, 1.807) is 55.8 Å². The molecule has 18 nitrogen and oxygen atoms in total. The van der Waals surface area contributed by atoms with Gasteiger partial charge in [0.25, 0.3) is 0 Å². The SMILES string of the molecule is [2H]C([2H])([2H])C([2H])([2H])OC(C)(C)/C(C)=C(/C)C(C)(C)OC.[2H]C([2H])C([2H])([2H])OC(C)(C)/C(C)=C(/C)C(C)(C)OC.[2H]CCOC(C)(C)/C(C)=C(/C)C(C)(C)OC[2H].[2H]COC(C)(C)/C(C)=C(/C)C(C)(C)OC([2H])C.[2H]COC(C)(C)/C(C)=C(/C)C(C)(C)OC([2H])C([2H])[2H].[2H]COC(C)(C)/C(C)=C(/C)C(C)(C)OC([2H])C[2H].[2H]COC(C)(C)/C(C)=C(/C)C(C)(C)OCC.[2H]COC(C)(C)/C(C)=C(/C)C(C)(C)OCC([2H])([2H])[2H].[2H]COC(C)(C)/C(C)=C(/C)C(C)(C)OCC([2H])[2H]. The van der Waals surface area contributed by atoms with Gasteiger partial charge in [0.1, 0.15) is 0 Å². The van der Waals surface area contributed by atoms with Crippen LogP contribution in [0.1, 0.15) is 474 Å². The maximum atomic E-state index is 7.60. The highest BCUT2D eigenvalue weighted by atomic mass is 16.5. The molecule has 3 unspecified atom stereocenters. The Hall–Kier alpha value is -3.06. The van der Waals surface area contributed by atoms with Crippen LogP contribution < -0.4 is 0 Å². The van der Waals surface area contributed by atoms with E-state index in [0.717, 1.165) is 94.7 Å². The molecule has 0 bridgehead atoms. The van der Waals surface area contributed by atoms with E-state index in [1.165, 1.54) is 5.57 Å². The summed E-state index contributed by atoms with van der Waals surface area (Å²) in [7, 11) is 2.66. The Morgan fingerprint density at radius 2 is 0.356 bits per heavy atom. The molecule has 810 valence electrons. The first-order chi connectivity index (χ1) is 72.2. The van der Waals surface area contributed by atoms with Crippen molar-refractivity contribution in [2.75, 3.05) is 123 Å².